The Hall–Kier alpha value is -3.22. The number of benzene rings is 2. The number of rotatable bonds is 5. The Morgan fingerprint density at radius 2 is 1.88 bits per heavy atom. The Morgan fingerprint density at radius 3 is 2.60 bits per heavy atom. The Labute approximate surface area is 143 Å². The summed E-state index contributed by atoms with van der Waals surface area (Å²) >= 11 is 0. The largest absolute Gasteiger partial charge is 0.496 e. The minimum Gasteiger partial charge on any atom is -0.496 e. The van der Waals surface area contributed by atoms with Crippen LogP contribution in [0, 0.1) is 5.82 Å². The number of para-hydroxylation sites is 1. The number of aromatic nitrogens is 3. The molecule has 0 saturated carbocycles. The van der Waals surface area contributed by atoms with Crippen LogP contribution in [-0.4, -0.2) is 34.4 Å². The SMILES string of the molecule is CCOc1nc(-c2ccccc2F)n(C(=O)c2ccccc2OC)n1. The summed E-state index contributed by atoms with van der Waals surface area (Å²) in [5, 5.41) is 4.08. The first-order chi connectivity index (χ1) is 12.2. The molecule has 0 bridgehead atoms. The maximum Gasteiger partial charge on any atom is 0.336 e. The first kappa shape index (κ1) is 16.6. The summed E-state index contributed by atoms with van der Waals surface area (Å²) in [6, 6.07) is 12.8. The van der Waals surface area contributed by atoms with E-state index in [1.54, 1.807) is 43.3 Å². The molecule has 0 aliphatic carbocycles. The molecule has 1 aromatic heterocycles. The van der Waals surface area contributed by atoms with Gasteiger partial charge in [-0.15, -0.1) is 5.10 Å². The Balaban J connectivity index is 2.15. The number of ether oxygens (including phenoxy) is 2. The molecule has 0 unspecified atom stereocenters. The van der Waals surface area contributed by atoms with Crippen LogP contribution in [0.1, 0.15) is 17.3 Å². The molecule has 0 N–H and O–H groups in total. The first-order valence-corrected chi connectivity index (χ1v) is 7.68. The van der Waals surface area contributed by atoms with Crippen molar-refractivity contribution in [2.24, 2.45) is 0 Å². The topological polar surface area (TPSA) is 66.2 Å². The second-order valence-corrected chi connectivity index (χ2v) is 5.05. The van der Waals surface area contributed by atoms with Crippen molar-refractivity contribution in [3.63, 3.8) is 0 Å². The minimum absolute atomic E-state index is 0.00370. The number of nitrogens with zero attached hydrogens (tertiary/aromatic N) is 3. The van der Waals surface area contributed by atoms with Gasteiger partial charge in [0.25, 0.3) is 5.91 Å². The summed E-state index contributed by atoms with van der Waals surface area (Å²) in [4.78, 5) is 17.1. The smallest absolute Gasteiger partial charge is 0.336 e. The highest BCUT2D eigenvalue weighted by molar-refractivity contribution is 5.99. The molecule has 2 aromatic carbocycles. The van der Waals surface area contributed by atoms with Gasteiger partial charge in [-0.25, -0.2) is 4.39 Å². The number of carbonyl (C=O) groups is 1. The lowest BCUT2D eigenvalue weighted by Gasteiger charge is -2.08. The highest BCUT2D eigenvalue weighted by Gasteiger charge is 2.23. The normalized spacial score (nSPS) is 10.5. The van der Waals surface area contributed by atoms with E-state index in [4.69, 9.17) is 9.47 Å². The van der Waals surface area contributed by atoms with Gasteiger partial charge < -0.3 is 9.47 Å². The summed E-state index contributed by atoms with van der Waals surface area (Å²) in [6.45, 7) is 2.09. The maximum absolute atomic E-state index is 14.2. The summed E-state index contributed by atoms with van der Waals surface area (Å²) in [6.07, 6.45) is 0. The van der Waals surface area contributed by atoms with Crippen molar-refractivity contribution < 1.29 is 18.7 Å². The van der Waals surface area contributed by atoms with E-state index in [0.29, 0.717) is 12.4 Å². The van der Waals surface area contributed by atoms with E-state index in [0.717, 1.165) is 4.68 Å². The molecular formula is C18H16FN3O3. The average Bonchev–Trinajstić information content (AvgIpc) is 3.05. The van der Waals surface area contributed by atoms with Crippen molar-refractivity contribution in [3.05, 3.63) is 59.9 Å². The highest BCUT2D eigenvalue weighted by atomic mass is 19.1. The monoisotopic (exact) mass is 341 g/mol. The number of hydrogen-bond donors (Lipinski definition) is 0. The van der Waals surface area contributed by atoms with Crippen molar-refractivity contribution in [1.29, 1.82) is 0 Å². The third-order valence-corrected chi connectivity index (χ3v) is 3.51. The Bertz CT molecular complexity index is 908. The van der Waals surface area contributed by atoms with Crippen molar-refractivity contribution in [3.8, 4) is 23.1 Å². The number of carbonyl (C=O) groups excluding carboxylic acids is 1. The van der Waals surface area contributed by atoms with Gasteiger partial charge in [0, 0.05) is 0 Å². The van der Waals surface area contributed by atoms with Crippen molar-refractivity contribution in [1.82, 2.24) is 14.8 Å². The van der Waals surface area contributed by atoms with Crippen LogP contribution in [0.2, 0.25) is 0 Å². The third-order valence-electron chi connectivity index (χ3n) is 3.51. The quantitative estimate of drug-likeness (QED) is 0.713. The van der Waals surface area contributed by atoms with Gasteiger partial charge in [-0.2, -0.15) is 9.67 Å². The average molecular weight is 341 g/mol. The van der Waals surface area contributed by atoms with E-state index < -0.39 is 11.7 Å². The van der Waals surface area contributed by atoms with E-state index in [9.17, 15) is 9.18 Å². The minimum atomic E-state index is -0.507. The van der Waals surface area contributed by atoms with Gasteiger partial charge in [-0.1, -0.05) is 24.3 Å². The van der Waals surface area contributed by atoms with Crippen molar-refractivity contribution in [2.45, 2.75) is 6.92 Å². The molecule has 6 nitrogen and oxygen atoms in total. The highest BCUT2D eigenvalue weighted by Crippen LogP contribution is 2.26. The molecule has 25 heavy (non-hydrogen) atoms. The maximum atomic E-state index is 14.2. The van der Waals surface area contributed by atoms with Crippen LogP contribution in [0.15, 0.2) is 48.5 Å². The fourth-order valence-electron chi connectivity index (χ4n) is 2.38. The second-order valence-electron chi connectivity index (χ2n) is 5.05. The number of hydrogen-bond acceptors (Lipinski definition) is 5. The van der Waals surface area contributed by atoms with Gasteiger partial charge >= 0.3 is 6.01 Å². The molecule has 0 radical (unpaired) electrons. The number of methoxy groups -OCH3 is 1. The number of halogens is 1. The lowest BCUT2D eigenvalue weighted by atomic mass is 10.1. The molecule has 0 aliphatic rings. The second kappa shape index (κ2) is 7.12. The molecule has 0 spiro atoms. The predicted octanol–water partition coefficient (Wildman–Crippen LogP) is 3.18. The van der Waals surface area contributed by atoms with Crippen LogP contribution in [0.4, 0.5) is 4.39 Å². The van der Waals surface area contributed by atoms with Crippen LogP contribution in [-0.2, 0) is 0 Å². The van der Waals surface area contributed by atoms with Crippen molar-refractivity contribution in [2.75, 3.05) is 13.7 Å². The molecule has 0 amide bonds. The molecule has 3 rings (SSSR count). The predicted molar refractivity (Wildman–Crippen MR) is 89.3 cm³/mol. The molecule has 0 saturated heterocycles. The standard InChI is InChI=1S/C18H16FN3O3/c1-3-25-18-20-16(12-8-4-6-10-14(12)19)22(21-18)17(23)13-9-5-7-11-15(13)24-2/h4-11H,3H2,1-2H3. The molecular weight excluding hydrogens is 325 g/mol. The van der Waals surface area contributed by atoms with E-state index in [2.05, 4.69) is 10.1 Å². The first-order valence-electron chi connectivity index (χ1n) is 7.68. The lowest BCUT2D eigenvalue weighted by Crippen LogP contribution is -2.16. The van der Waals surface area contributed by atoms with Gasteiger partial charge in [0.05, 0.1) is 24.8 Å². The van der Waals surface area contributed by atoms with Crippen LogP contribution in [0.5, 0.6) is 11.8 Å². The molecule has 0 aliphatic heterocycles. The van der Waals surface area contributed by atoms with Gasteiger partial charge in [-0.3, -0.25) is 4.79 Å². The van der Waals surface area contributed by atoms with Gasteiger partial charge in [0.1, 0.15) is 11.6 Å². The van der Waals surface area contributed by atoms with E-state index in [1.807, 2.05) is 0 Å². The molecule has 3 aromatic rings. The molecule has 0 atom stereocenters. The molecule has 7 heteroatoms. The summed E-state index contributed by atoms with van der Waals surface area (Å²) in [7, 11) is 1.47. The van der Waals surface area contributed by atoms with Crippen LogP contribution in [0.3, 0.4) is 0 Å². The Morgan fingerprint density at radius 1 is 1.16 bits per heavy atom. The van der Waals surface area contributed by atoms with Crippen LogP contribution >= 0.6 is 0 Å². The molecule has 1 heterocycles. The van der Waals surface area contributed by atoms with Crippen molar-refractivity contribution >= 4 is 5.91 Å². The third kappa shape index (κ3) is 3.21. The van der Waals surface area contributed by atoms with E-state index in [1.165, 1.54) is 19.2 Å². The molecule has 128 valence electrons. The summed E-state index contributed by atoms with van der Waals surface area (Å²) < 4.78 is 25.7. The van der Waals surface area contributed by atoms with Crippen LogP contribution < -0.4 is 9.47 Å². The fraction of sp³-hybridized carbons (Fsp3) is 0.167. The van der Waals surface area contributed by atoms with Gasteiger partial charge in [0.15, 0.2) is 5.82 Å². The van der Waals surface area contributed by atoms with E-state index >= 15 is 0 Å². The fourth-order valence-corrected chi connectivity index (χ4v) is 2.38. The van der Waals surface area contributed by atoms with Crippen LogP contribution in [0.25, 0.3) is 11.4 Å². The molecule has 0 fully saturated rings. The summed E-state index contributed by atoms with van der Waals surface area (Å²) in [5.74, 6) is -0.543. The Kier molecular flexibility index (Phi) is 4.74. The zero-order valence-corrected chi connectivity index (χ0v) is 13.8. The zero-order valence-electron chi connectivity index (χ0n) is 13.8. The van der Waals surface area contributed by atoms with E-state index in [-0.39, 0.29) is 23.0 Å². The lowest BCUT2D eigenvalue weighted by molar-refractivity contribution is 0.0941. The zero-order chi connectivity index (χ0) is 17.8. The van der Waals surface area contributed by atoms with Gasteiger partial charge in [0.2, 0.25) is 0 Å². The summed E-state index contributed by atoms with van der Waals surface area (Å²) in [5.41, 5.74) is 0.444. The van der Waals surface area contributed by atoms with Gasteiger partial charge in [-0.05, 0) is 31.2 Å².